The van der Waals surface area contributed by atoms with Crippen molar-refractivity contribution in [1.82, 2.24) is 10.3 Å². The van der Waals surface area contributed by atoms with Gasteiger partial charge in [0, 0.05) is 28.5 Å². The Balaban J connectivity index is 1.74. The van der Waals surface area contributed by atoms with Gasteiger partial charge in [0.05, 0.1) is 13.2 Å². The van der Waals surface area contributed by atoms with Crippen LogP contribution in [0.2, 0.25) is 5.02 Å². The molecule has 0 aliphatic rings. The van der Waals surface area contributed by atoms with Crippen LogP contribution in [0.1, 0.15) is 41.4 Å². The molecule has 2 aromatic carbocycles. The van der Waals surface area contributed by atoms with Gasteiger partial charge < -0.3 is 14.8 Å². The number of carbonyl (C=O) groups excluding carboxylic acids is 1. The highest BCUT2D eigenvalue weighted by molar-refractivity contribution is 6.30. The Bertz CT molecular complexity index is 976. The highest BCUT2D eigenvalue weighted by atomic mass is 35.5. The number of ether oxygens (including phenoxy) is 2. The van der Waals surface area contributed by atoms with Crippen molar-refractivity contribution in [2.24, 2.45) is 5.92 Å². The maximum Gasteiger partial charge on any atom is 0.251 e. The van der Waals surface area contributed by atoms with E-state index < -0.39 is 0 Å². The van der Waals surface area contributed by atoms with Gasteiger partial charge in [-0.25, -0.2) is 0 Å². The van der Waals surface area contributed by atoms with Crippen LogP contribution < -0.4 is 14.8 Å². The van der Waals surface area contributed by atoms with Crippen LogP contribution in [-0.4, -0.2) is 18.0 Å². The Morgan fingerprint density at radius 1 is 1.10 bits per heavy atom. The standard InChI is InChI=1S/C24H25ClN2O3/c1-16(2)23(18-6-9-20(25)10-7-18)27-24(28)19-8-11-21(22(13-19)29-3)30-15-17-5-4-12-26-14-17/h4-14,16,23H,15H2,1-3H3,(H,27,28)/t23-/m1/s1. The van der Waals surface area contributed by atoms with E-state index in [-0.39, 0.29) is 17.9 Å². The van der Waals surface area contributed by atoms with Crippen molar-refractivity contribution in [2.75, 3.05) is 7.11 Å². The summed E-state index contributed by atoms with van der Waals surface area (Å²) in [7, 11) is 1.55. The van der Waals surface area contributed by atoms with Crippen molar-refractivity contribution in [1.29, 1.82) is 0 Å². The van der Waals surface area contributed by atoms with E-state index in [0.717, 1.165) is 11.1 Å². The van der Waals surface area contributed by atoms with E-state index in [4.69, 9.17) is 21.1 Å². The maximum absolute atomic E-state index is 12.9. The molecular formula is C24H25ClN2O3. The molecule has 156 valence electrons. The second-order valence-electron chi connectivity index (χ2n) is 7.26. The highest BCUT2D eigenvalue weighted by Gasteiger charge is 2.20. The average Bonchev–Trinajstić information content (AvgIpc) is 2.77. The first-order chi connectivity index (χ1) is 14.5. The molecule has 3 aromatic rings. The van der Waals surface area contributed by atoms with Crippen molar-refractivity contribution in [3.63, 3.8) is 0 Å². The molecule has 0 aliphatic heterocycles. The molecule has 1 heterocycles. The van der Waals surface area contributed by atoms with E-state index in [0.29, 0.717) is 28.7 Å². The number of hydrogen-bond donors (Lipinski definition) is 1. The van der Waals surface area contributed by atoms with Gasteiger partial charge in [-0.1, -0.05) is 43.6 Å². The number of rotatable bonds is 8. The topological polar surface area (TPSA) is 60.5 Å². The monoisotopic (exact) mass is 424 g/mol. The van der Waals surface area contributed by atoms with Crippen molar-refractivity contribution in [3.05, 3.63) is 88.7 Å². The van der Waals surface area contributed by atoms with Crippen molar-refractivity contribution in [2.45, 2.75) is 26.5 Å². The molecule has 0 saturated heterocycles. The smallest absolute Gasteiger partial charge is 0.251 e. The molecule has 0 spiro atoms. The van der Waals surface area contributed by atoms with Crippen LogP contribution in [0.3, 0.4) is 0 Å². The second-order valence-corrected chi connectivity index (χ2v) is 7.70. The van der Waals surface area contributed by atoms with E-state index in [1.807, 2.05) is 36.4 Å². The lowest BCUT2D eigenvalue weighted by atomic mass is 9.95. The average molecular weight is 425 g/mol. The SMILES string of the molecule is COc1cc(C(=O)N[C@@H](c2ccc(Cl)cc2)C(C)C)ccc1OCc1cccnc1. The van der Waals surface area contributed by atoms with Crippen molar-refractivity contribution >= 4 is 17.5 Å². The normalized spacial score (nSPS) is 11.8. The van der Waals surface area contributed by atoms with Gasteiger partial charge in [0.25, 0.3) is 5.91 Å². The lowest BCUT2D eigenvalue weighted by Crippen LogP contribution is -2.31. The fourth-order valence-corrected chi connectivity index (χ4v) is 3.23. The number of aromatic nitrogens is 1. The predicted molar refractivity (Wildman–Crippen MR) is 118 cm³/mol. The Labute approximate surface area is 182 Å². The molecule has 30 heavy (non-hydrogen) atoms. The van der Waals surface area contributed by atoms with Gasteiger partial charge in [0.2, 0.25) is 0 Å². The molecule has 1 amide bonds. The van der Waals surface area contributed by atoms with Crippen LogP contribution >= 0.6 is 11.6 Å². The molecule has 3 rings (SSSR count). The quantitative estimate of drug-likeness (QED) is 0.522. The summed E-state index contributed by atoms with van der Waals surface area (Å²) in [6, 6.07) is 16.3. The molecule has 0 bridgehead atoms. The van der Waals surface area contributed by atoms with E-state index in [2.05, 4.69) is 24.1 Å². The fourth-order valence-electron chi connectivity index (χ4n) is 3.10. The third kappa shape index (κ3) is 5.51. The number of pyridine rings is 1. The van der Waals surface area contributed by atoms with Gasteiger partial charge >= 0.3 is 0 Å². The van der Waals surface area contributed by atoms with Crippen LogP contribution in [0.15, 0.2) is 67.0 Å². The summed E-state index contributed by atoms with van der Waals surface area (Å²) in [6.45, 7) is 4.49. The molecular weight excluding hydrogens is 400 g/mol. The van der Waals surface area contributed by atoms with E-state index in [9.17, 15) is 4.79 Å². The number of hydrogen-bond acceptors (Lipinski definition) is 4. The number of nitrogens with one attached hydrogen (secondary N) is 1. The zero-order valence-corrected chi connectivity index (χ0v) is 18.0. The maximum atomic E-state index is 12.9. The first-order valence-corrected chi connectivity index (χ1v) is 10.1. The largest absolute Gasteiger partial charge is 0.493 e. The van der Waals surface area contributed by atoms with Crippen LogP contribution in [0.4, 0.5) is 0 Å². The first-order valence-electron chi connectivity index (χ1n) is 9.74. The Hall–Kier alpha value is -3.05. The summed E-state index contributed by atoms with van der Waals surface area (Å²) in [5, 5.41) is 3.78. The highest BCUT2D eigenvalue weighted by Crippen LogP contribution is 2.30. The molecule has 1 aromatic heterocycles. The summed E-state index contributed by atoms with van der Waals surface area (Å²) in [5.41, 5.74) is 2.45. The molecule has 0 unspecified atom stereocenters. The summed E-state index contributed by atoms with van der Waals surface area (Å²) in [5.74, 6) is 1.09. The molecule has 5 nitrogen and oxygen atoms in total. The first kappa shape index (κ1) is 21.7. The predicted octanol–water partition coefficient (Wildman–Crippen LogP) is 5.45. The third-order valence-electron chi connectivity index (χ3n) is 4.73. The number of amides is 1. The van der Waals surface area contributed by atoms with Crippen LogP contribution in [0, 0.1) is 5.92 Å². The van der Waals surface area contributed by atoms with E-state index in [1.54, 1.807) is 37.7 Å². The summed E-state index contributed by atoms with van der Waals surface area (Å²) in [4.78, 5) is 17.0. The Morgan fingerprint density at radius 3 is 2.50 bits per heavy atom. The second kappa shape index (κ2) is 10.1. The van der Waals surface area contributed by atoms with Gasteiger partial charge in [-0.15, -0.1) is 0 Å². The van der Waals surface area contributed by atoms with Gasteiger partial charge in [0.1, 0.15) is 6.61 Å². The molecule has 6 heteroatoms. The van der Waals surface area contributed by atoms with Gasteiger partial charge in [0.15, 0.2) is 11.5 Å². The lowest BCUT2D eigenvalue weighted by molar-refractivity contribution is 0.0925. The van der Waals surface area contributed by atoms with E-state index >= 15 is 0 Å². The van der Waals surface area contributed by atoms with Gasteiger partial charge in [-0.05, 0) is 47.9 Å². The number of benzene rings is 2. The zero-order valence-electron chi connectivity index (χ0n) is 17.3. The van der Waals surface area contributed by atoms with Crippen molar-refractivity contribution < 1.29 is 14.3 Å². The molecule has 1 N–H and O–H groups in total. The van der Waals surface area contributed by atoms with Crippen LogP contribution in [0.5, 0.6) is 11.5 Å². The van der Waals surface area contributed by atoms with Crippen molar-refractivity contribution in [3.8, 4) is 11.5 Å². The Kier molecular flexibility index (Phi) is 7.31. The van der Waals surface area contributed by atoms with Gasteiger partial charge in [-0.2, -0.15) is 0 Å². The minimum Gasteiger partial charge on any atom is -0.493 e. The third-order valence-corrected chi connectivity index (χ3v) is 4.98. The minimum absolute atomic E-state index is 0.137. The summed E-state index contributed by atoms with van der Waals surface area (Å²) >= 11 is 5.99. The zero-order chi connectivity index (χ0) is 21.5. The molecule has 0 fully saturated rings. The lowest BCUT2D eigenvalue weighted by Gasteiger charge is -2.23. The van der Waals surface area contributed by atoms with Crippen LogP contribution in [0.25, 0.3) is 0 Å². The Morgan fingerprint density at radius 2 is 1.87 bits per heavy atom. The number of nitrogens with zero attached hydrogens (tertiary/aromatic N) is 1. The summed E-state index contributed by atoms with van der Waals surface area (Å²) < 4.78 is 11.3. The van der Waals surface area contributed by atoms with Crippen LogP contribution in [-0.2, 0) is 6.61 Å². The minimum atomic E-state index is -0.180. The number of halogens is 1. The summed E-state index contributed by atoms with van der Waals surface area (Å²) in [6.07, 6.45) is 3.46. The number of carbonyl (C=O) groups is 1. The molecule has 1 atom stereocenters. The molecule has 0 radical (unpaired) electrons. The molecule has 0 saturated carbocycles. The van der Waals surface area contributed by atoms with E-state index in [1.165, 1.54) is 0 Å². The number of methoxy groups -OCH3 is 1. The van der Waals surface area contributed by atoms with Gasteiger partial charge in [-0.3, -0.25) is 9.78 Å². The fraction of sp³-hybridized carbons (Fsp3) is 0.250. The molecule has 0 aliphatic carbocycles.